The van der Waals surface area contributed by atoms with E-state index in [4.69, 9.17) is 9.47 Å². The molecule has 0 radical (unpaired) electrons. The Kier molecular flexibility index (Phi) is 5.22. The van der Waals surface area contributed by atoms with Gasteiger partial charge in [-0.1, -0.05) is 0 Å². The van der Waals surface area contributed by atoms with Crippen LogP contribution in [0.4, 0.5) is 0 Å². The lowest BCUT2D eigenvalue weighted by Crippen LogP contribution is -2.44. The Morgan fingerprint density at radius 3 is 2.76 bits per heavy atom. The van der Waals surface area contributed by atoms with Gasteiger partial charge in [0.05, 0.1) is 13.2 Å². The highest BCUT2D eigenvalue weighted by atomic mass is 16.5. The molecule has 98 valence electrons. The van der Waals surface area contributed by atoms with E-state index in [2.05, 4.69) is 10.2 Å². The molecule has 5 heteroatoms. The van der Waals surface area contributed by atoms with Crippen LogP contribution in [0.15, 0.2) is 0 Å². The van der Waals surface area contributed by atoms with E-state index in [0.29, 0.717) is 6.54 Å². The van der Waals surface area contributed by atoms with Crippen molar-refractivity contribution in [1.29, 1.82) is 0 Å². The highest BCUT2D eigenvalue weighted by Crippen LogP contribution is 2.12. The number of amides is 1. The summed E-state index contributed by atoms with van der Waals surface area (Å²) >= 11 is 0. The molecule has 1 N–H and O–H groups in total. The van der Waals surface area contributed by atoms with Gasteiger partial charge in [-0.15, -0.1) is 0 Å². The van der Waals surface area contributed by atoms with Gasteiger partial charge in [0.15, 0.2) is 0 Å². The Labute approximate surface area is 102 Å². The van der Waals surface area contributed by atoms with Crippen LogP contribution < -0.4 is 5.32 Å². The van der Waals surface area contributed by atoms with Crippen molar-refractivity contribution >= 4 is 5.91 Å². The van der Waals surface area contributed by atoms with E-state index in [0.717, 1.165) is 58.7 Å². The first-order valence-corrected chi connectivity index (χ1v) is 6.56. The molecule has 2 aliphatic heterocycles. The van der Waals surface area contributed by atoms with Crippen molar-refractivity contribution < 1.29 is 14.3 Å². The van der Waals surface area contributed by atoms with Crippen LogP contribution in [0.2, 0.25) is 0 Å². The first-order chi connectivity index (χ1) is 8.36. The molecule has 0 saturated carbocycles. The second-order valence-corrected chi connectivity index (χ2v) is 4.60. The van der Waals surface area contributed by atoms with Crippen LogP contribution in [0.25, 0.3) is 0 Å². The third-order valence-electron chi connectivity index (χ3n) is 3.30. The molecule has 0 aromatic heterocycles. The summed E-state index contributed by atoms with van der Waals surface area (Å²) in [5, 5.41) is 2.95. The molecule has 1 atom stereocenters. The monoisotopic (exact) mass is 242 g/mol. The van der Waals surface area contributed by atoms with Crippen molar-refractivity contribution in [2.24, 2.45) is 0 Å². The van der Waals surface area contributed by atoms with Gasteiger partial charge in [-0.05, 0) is 19.3 Å². The van der Waals surface area contributed by atoms with Gasteiger partial charge in [0.2, 0.25) is 5.91 Å². The number of nitrogens with zero attached hydrogens (tertiary/aromatic N) is 1. The fourth-order valence-electron chi connectivity index (χ4n) is 2.22. The minimum absolute atomic E-state index is 0.0537. The zero-order valence-electron chi connectivity index (χ0n) is 10.3. The molecule has 2 heterocycles. The summed E-state index contributed by atoms with van der Waals surface area (Å²) in [4.78, 5) is 14.1. The maximum atomic E-state index is 11.8. The fraction of sp³-hybridized carbons (Fsp3) is 0.917. The summed E-state index contributed by atoms with van der Waals surface area (Å²) in [7, 11) is 0. The molecule has 0 aromatic carbocycles. The number of carbonyl (C=O) groups excluding carboxylic acids is 1. The van der Waals surface area contributed by atoms with Gasteiger partial charge < -0.3 is 14.8 Å². The average molecular weight is 242 g/mol. The number of hydrogen-bond donors (Lipinski definition) is 1. The van der Waals surface area contributed by atoms with Crippen LogP contribution in [0, 0.1) is 0 Å². The van der Waals surface area contributed by atoms with E-state index >= 15 is 0 Å². The molecule has 1 amide bonds. The molecule has 1 unspecified atom stereocenters. The Balaban J connectivity index is 1.58. The zero-order valence-corrected chi connectivity index (χ0v) is 10.3. The molecule has 17 heavy (non-hydrogen) atoms. The highest BCUT2D eigenvalue weighted by molar-refractivity contribution is 5.80. The molecular formula is C12H22N2O3. The third-order valence-corrected chi connectivity index (χ3v) is 3.30. The summed E-state index contributed by atoms with van der Waals surface area (Å²) < 4.78 is 10.7. The van der Waals surface area contributed by atoms with Gasteiger partial charge in [-0.3, -0.25) is 9.69 Å². The smallest absolute Gasteiger partial charge is 0.249 e. The predicted octanol–water partition coefficient (Wildman–Crippen LogP) is 0.00390. The van der Waals surface area contributed by atoms with E-state index in [9.17, 15) is 4.79 Å². The normalized spacial score (nSPS) is 26.7. The summed E-state index contributed by atoms with van der Waals surface area (Å²) in [6, 6.07) is 0. The maximum absolute atomic E-state index is 11.8. The molecule has 5 nitrogen and oxygen atoms in total. The lowest BCUT2D eigenvalue weighted by molar-refractivity contribution is -0.135. The minimum atomic E-state index is -0.214. The topological polar surface area (TPSA) is 50.8 Å². The molecule has 0 spiro atoms. The SMILES string of the molecule is O=C(NCCN1CCOCC1)C1CCCCO1. The van der Waals surface area contributed by atoms with Crippen LogP contribution in [-0.4, -0.2) is 62.9 Å². The second-order valence-electron chi connectivity index (χ2n) is 4.60. The predicted molar refractivity (Wildman–Crippen MR) is 63.9 cm³/mol. The molecule has 0 aromatic rings. The lowest BCUT2D eigenvalue weighted by atomic mass is 10.1. The number of morpholine rings is 1. The highest BCUT2D eigenvalue weighted by Gasteiger charge is 2.21. The molecular weight excluding hydrogens is 220 g/mol. The average Bonchev–Trinajstić information content (AvgIpc) is 2.41. The fourth-order valence-corrected chi connectivity index (χ4v) is 2.22. The molecule has 2 rings (SSSR count). The minimum Gasteiger partial charge on any atom is -0.379 e. The van der Waals surface area contributed by atoms with Crippen LogP contribution >= 0.6 is 0 Å². The summed E-state index contributed by atoms with van der Waals surface area (Å²) in [6.45, 7) is 5.88. The van der Waals surface area contributed by atoms with Crippen LogP contribution in [-0.2, 0) is 14.3 Å². The first kappa shape index (κ1) is 12.8. The van der Waals surface area contributed by atoms with Crippen molar-refractivity contribution in [2.75, 3.05) is 46.0 Å². The zero-order chi connectivity index (χ0) is 11.9. The van der Waals surface area contributed by atoms with E-state index in [1.165, 1.54) is 0 Å². The van der Waals surface area contributed by atoms with Crippen molar-refractivity contribution in [1.82, 2.24) is 10.2 Å². The Hall–Kier alpha value is -0.650. The van der Waals surface area contributed by atoms with Crippen molar-refractivity contribution in [3.05, 3.63) is 0 Å². The van der Waals surface area contributed by atoms with Gasteiger partial charge in [0, 0.05) is 32.8 Å². The Morgan fingerprint density at radius 2 is 2.06 bits per heavy atom. The number of nitrogens with one attached hydrogen (secondary N) is 1. The van der Waals surface area contributed by atoms with Gasteiger partial charge in [0.1, 0.15) is 6.10 Å². The van der Waals surface area contributed by atoms with Gasteiger partial charge in [0.25, 0.3) is 0 Å². The van der Waals surface area contributed by atoms with E-state index < -0.39 is 0 Å². The molecule has 2 saturated heterocycles. The van der Waals surface area contributed by atoms with Gasteiger partial charge >= 0.3 is 0 Å². The molecule has 2 fully saturated rings. The summed E-state index contributed by atoms with van der Waals surface area (Å²) in [6.07, 6.45) is 2.83. The Morgan fingerprint density at radius 1 is 1.24 bits per heavy atom. The third kappa shape index (κ3) is 4.26. The largest absolute Gasteiger partial charge is 0.379 e. The van der Waals surface area contributed by atoms with Crippen molar-refractivity contribution in [3.8, 4) is 0 Å². The number of ether oxygens (including phenoxy) is 2. The summed E-state index contributed by atoms with van der Waals surface area (Å²) in [5.41, 5.74) is 0. The van der Waals surface area contributed by atoms with Crippen LogP contribution in [0.1, 0.15) is 19.3 Å². The lowest BCUT2D eigenvalue weighted by Gasteiger charge is -2.27. The maximum Gasteiger partial charge on any atom is 0.249 e. The van der Waals surface area contributed by atoms with Gasteiger partial charge in [-0.2, -0.15) is 0 Å². The van der Waals surface area contributed by atoms with Crippen LogP contribution in [0.3, 0.4) is 0 Å². The number of rotatable bonds is 4. The van der Waals surface area contributed by atoms with E-state index in [1.54, 1.807) is 0 Å². The van der Waals surface area contributed by atoms with Crippen LogP contribution in [0.5, 0.6) is 0 Å². The molecule has 2 aliphatic rings. The number of hydrogen-bond acceptors (Lipinski definition) is 4. The van der Waals surface area contributed by atoms with Crippen molar-refractivity contribution in [2.45, 2.75) is 25.4 Å². The first-order valence-electron chi connectivity index (χ1n) is 6.56. The number of carbonyl (C=O) groups is 1. The summed E-state index contributed by atoms with van der Waals surface area (Å²) in [5.74, 6) is 0.0537. The van der Waals surface area contributed by atoms with Crippen molar-refractivity contribution in [3.63, 3.8) is 0 Å². The quantitative estimate of drug-likeness (QED) is 0.754. The van der Waals surface area contributed by atoms with E-state index in [-0.39, 0.29) is 12.0 Å². The van der Waals surface area contributed by atoms with Gasteiger partial charge in [-0.25, -0.2) is 0 Å². The molecule has 0 bridgehead atoms. The standard InChI is InChI=1S/C12H22N2O3/c15-12(11-3-1-2-8-17-11)13-4-5-14-6-9-16-10-7-14/h11H,1-10H2,(H,13,15). The van der Waals surface area contributed by atoms with E-state index in [1.807, 2.05) is 0 Å². The second kappa shape index (κ2) is 6.93. The Bertz CT molecular complexity index is 236. The molecule has 0 aliphatic carbocycles.